The van der Waals surface area contributed by atoms with Crippen molar-refractivity contribution < 1.29 is 9.53 Å². The first-order valence-electron chi connectivity index (χ1n) is 7.53. The summed E-state index contributed by atoms with van der Waals surface area (Å²) in [5, 5.41) is 3.02. The summed E-state index contributed by atoms with van der Waals surface area (Å²) >= 11 is 0. The van der Waals surface area contributed by atoms with Gasteiger partial charge in [-0.3, -0.25) is 0 Å². The molecule has 2 heterocycles. The predicted molar refractivity (Wildman–Crippen MR) is 78.0 cm³/mol. The van der Waals surface area contributed by atoms with Crippen LogP contribution in [-0.2, 0) is 6.42 Å². The summed E-state index contributed by atoms with van der Waals surface area (Å²) in [7, 11) is 0. The number of fused-ring (bicyclic) bond motifs is 1. The molecule has 4 nitrogen and oxygen atoms in total. The van der Waals surface area contributed by atoms with Gasteiger partial charge >= 0.3 is 6.03 Å². The van der Waals surface area contributed by atoms with Gasteiger partial charge in [0.05, 0.1) is 6.54 Å². The van der Waals surface area contributed by atoms with Crippen LogP contribution in [-0.4, -0.2) is 36.2 Å². The second kappa shape index (κ2) is 5.73. The van der Waals surface area contributed by atoms with Crippen molar-refractivity contribution in [2.75, 3.05) is 13.1 Å². The van der Waals surface area contributed by atoms with Gasteiger partial charge in [0.1, 0.15) is 11.9 Å². The van der Waals surface area contributed by atoms with Crippen molar-refractivity contribution in [1.82, 2.24) is 10.2 Å². The van der Waals surface area contributed by atoms with E-state index >= 15 is 0 Å². The molecular weight excluding hydrogens is 252 g/mol. The van der Waals surface area contributed by atoms with E-state index in [1.807, 2.05) is 23.1 Å². The molecule has 0 spiro atoms. The maximum atomic E-state index is 12.2. The van der Waals surface area contributed by atoms with Crippen molar-refractivity contribution in [1.29, 1.82) is 0 Å². The molecule has 0 saturated carbocycles. The lowest BCUT2D eigenvalue weighted by Gasteiger charge is -2.33. The number of hydrogen-bond acceptors (Lipinski definition) is 2. The molecule has 0 radical (unpaired) electrons. The summed E-state index contributed by atoms with van der Waals surface area (Å²) in [6, 6.07) is 8.49. The maximum absolute atomic E-state index is 12.2. The fourth-order valence-corrected chi connectivity index (χ4v) is 3.07. The number of urea groups is 1. The molecule has 0 aliphatic carbocycles. The number of nitrogens with one attached hydrogen (secondary N) is 1. The summed E-state index contributed by atoms with van der Waals surface area (Å²) in [6.07, 6.45) is 4.40. The smallest absolute Gasteiger partial charge is 0.317 e. The van der Waals surface area contributed by atoms with E-state index in [2.05, 4.69) is 18.3 Å². The summed E-state index contributed by atoms with van der Waals surface area (Å²) in [5.74, 6) is 0.957. The molecule has 2 atom stereocenters. The van der Waals surface area contributed by atoms with Crippen LogP contribution < -0.4 is 10.1 Å². The van der Waals surface area contributed by atoms with Gasteiger partial charge in [-0.1, -0.05) is 18.2 Å². The SMILES string of the molecule is CC1CCCCN1C(=O)NCC1Cc2ccccc2O1. The molecule has 1 aromatic carbocycles. The van der Waals surface area contributed by atoms with Crippen molar-refractivity contribution in [3.8, 4) is 5.75 Å². The van der Waals surface area contributed by atoms with Crippen LogP contribution in [0.1, 0.15) is 31.7 Å². The minimum atomic E-state index is 0.0526. The van der Waals surface area contributed by atoms with Gasteiger partial charge in [-0.2, -0.15) is 0 Å². The van der Waals surface area contributed by atoms with Gasteiger partial charge in [-0.05, 0) is 37.8 Å². The highest BCUT2D eigenvalue weighted by atomic mass is 16.5. The third-order valence-electron chi connectivity index (χ3n) is 4.26. The predicted octanol–water partition coefficient (Wildman–Crippen LogP) is 2.57. The van der Waals surface area contributed by atoms with Crippen molar-refractivity contribution in [2.24, 2.45) is 0 Å². The molecule has 108 valence electrons. The number of likely N-dealkylation sites (tertiary alicyclic amines) is 1. The van der Waals surface area contributed by atoms with Crippen molar-refractivity contribution in [3.05, 3.63) is 29.8 Å². The molecule has 2 aliphatic heterocycles. The molecule has 0 bridgehead atoms. The van der Waals surface area contributed by atoms with Crippen LogP contribution in [0.3, 0.4) is 0 Å². The van der Waals surface area contributed by atoms with E-state index in [0.717, 1.165) is 31.6 Å². The van der Waals surface area contributed by atoms with Crippen molar-refractivity contribution >= 4 is 6.03 Å². The maximum Gasteiger partial charge on any atom is 0.317 e. The first-order valence-corrected chi connectivity index (χ1v) is 7.53. The van der Waals surface area contributed by atoms with Gasteiger partial charge in [0, 0.05) is 19.0 Å². The first kappa shape index (κ1) is 13.3. The number of rotatable bonds is 2. The Morgan fingerprint density at radius 3 is 3.05 bits per heavy atom. The Labute approximate surface area is 120 Å². The number of para-hydroxylation sites is 1. The molecule has 2 aliphatic rings. The summed E-state index contributed by atoms with van der Waals surface area (Å²) < 4.78 is 5.84. The Balaban J connectivity index is 1.50. The molecule has 2 unspecified atom stereocenters. The number of hydrogen-bond donors (Lipinski definition) is 1. The second-order valence-electron chi connectivity index (χ2n) is 5.78. The van der Waals surface area contributed by atoms with E-state index in [0.29, 0.717) is 12.6 Å². The number of nitrogens with zero attached hydrogens (tertiary/aromatic N) is 1. The third-order valence-corrected chi connectivity index (χ3v) is 4.26. The van der Waals surface area contributed by atoms with Gasteiger partial charge in [-0.15, -0.1) is 0 Å². The van der Waals surface area contributed by atoms with E-state index in [-0.39, 0.29) is 12.1 Å². The molecule has 1 saturated heterocycles. The van der Waals surface area contributed by atoms with Gasteiger partial charge < -0.3 is 15.0 Å². The fourth-order valence-electron chi connectivity index (χ4n) is 3.07. The first-order chi connectivity index (χ1) is 9.74. The van der Waals surface area contributed by atoms with Crippen molar-refractivity contribution in [3.63, 3.8) is 0 Å². The van der Waals surface area contributed by atoms with Crippen LogP contribution in [0.15, 0.2) is 24.3 Å². The van der Waals surface area contributed by atoms with E-state index in [1.165, 1.54) is 12.0 Å². The largest absolute Gasteiger partial charge is 0.488 e. The molecule has 0 aromatic heterocycles. The van der Waals surface area contributed by atoms with E-state index in [9.17, 15) is 4.79 Å². The minimum Gasteiger partial charge on any atom is -0.488 e. The highest BCUT2D eigenvalue weighted by molar-refractivity contribution is 5.74. The molecule has 4 heteroatoms. The average molecular weight is 274 g/mol. The summed E-state index contributed by atoms with van der Waals surface area (Å²) in [5.41, 5.74) is 1.23. The standard InChI is InChI=1S/C16H22N2O2/c1-12-6-4-5-9-18(12)16(19)17-11-14-10-13-7-2-3-8-15(13)20-14/h2-3,7-8,12,14H,4-6,9-11H2,1H3,(H,17,19). The van der Waals surface area contributed by atoms with Crippen LogP contribution >= 0.6 is 0 Å². The van der Waals surface area contributed by atoms with Crippen LogP contribution in [0.2, 0.25) is 0 Å². The third kappa shape index (κ3) is 2.74. The van der Waals surface area contributed by atoms with Crippen molar-refractivity contribution in [2.45, 2.75) is 44.8 Å². The zero-order valence-electron chi connectivity index (χ0n) is 12.0. The molecular formula is C16H22N2O2. The number of carbonyl (C=O) groups excluding carboxylic acids is 1. The number of amides is 2. The van der Waals surface area contributed by atoms with Gasteiger partial charge in [-0.25, -0.2) is 4.79 Å². The Morgan fingerprint density at radius 1 is 1.40 bits per heavy atom. The number of piperidine rings is 1. The lowest BCUT2D eigenvalue weighted by Crippen LogP contribution is -2.49. The molecule has 1 fully saturated rings. The molecule has 2 amide bonds. The Hall–Kier alpha value is -1.71. The Kier molecular flexibility index (Phi) is 3.81. The Bertz CT molecular complexity index is 464. The minimum absolute atomic E-state index is 0.0526. The van der Waals surface area contributed by atoms with E-state index in [1.54, 1.807) is 0 Å². The summed E-state index contributed by atoms with van der Waals surface area (Å²) in [6.45, 7) is 3.58. The van der Waals surface area contributed by atoms with Crippen LogP contribution in [0.4, 0.5) is 4.79 Å². The number of ether oxygens (including phenoxy) is 1. The fraction of sp³-hybridized carbons (Fsp3) is 0.562. The Morgan fingerprint density at radius 2 is 2.25 bits per heavy atom. The highest BCUT2D eigenvalue weighted by Crippen LogP contribution is 2.27. The van der Waals surface area contributed by atoms with E-state index in [4.69, 9.17) is 4.74 Å². The molecule has 1 N–H and O–H groups in total. The molecule has 3 rings (SSSR count). The summed E-state index contributed by atoms with van der Waals surface area (Å²) in [4.78, 5) is 14.1. The van der Waals surface area contributed by atoms with Crippen LogP contribution in [0.5, 0.6) is 5.75 Å². The number of benzene rings is 1. The lowest BCUT2D eigenvalue weighted by molar-refractivity contribution is 0.151. The second-order valence-corrected chi connectivity index (χ2v) is 5.78. The quantitative estimate of drug-likeness (QED) is 0.900. The van der Waals surface area contributed by atoms with Gasteiger partial charge in [0.25, 0.3) is 0 Å². The average Bonchev–Trinajstić information content (AvgIpc) is 2.88. The molecule has 1 aromatic rings. The highest BCUT2D eigenvalue weighted by Gasteiger charge is 2.26. The normalized spacial score (nSPS) is 24.9. The monoisotopic (exact) mass is 274 g/mol. The topological polar surface area (TPSA) is 41.6 Å². The van der Waals surface area contributed by atoms with Gasteiger partial charge in [0.15, 0.2) is 0 Å². The zero-order valence-corrected chi connectivity index (χ0v) is 12.0. The molecule has 20 heavy (non-hydrogen) atoms. The number of carbonyl (C=O) groups is 1. The van der Waals surface area contributed by atoms with Gasteiger partial charge in [0.2, 0.25) is 0 Å². The lowest BCUT2D eigenvalue weighted by atomic mass is 10.0. The van der Waals surface area contributed by atoms with E-state index < -0.39 is 0 Å². The van der Waals surface area contributed by atoms with Crippen LogP contribution in [0, 0.1) is 0 Å². The van der Waals surface area contributed by atoms with Crippen LogP contribution in [0.25, 0.3) is 0 Å². The zero-order chi connectivity index (χ0) is 13.9.